The molecule has 0 aliphatic carbocycles. The van der Waals surface area contributed by atoms with Crippen molar-refractivity contribution in [2.45, 2.75) is 40.7 Å². The fourth-order valence-electron chi connectivity index (χ4n) is 2.28. The second-order valence-electron chi connectivity index (χ2n) is 4.62. The van der Waals surface area contributed by atoms with Crippen LogP contribution in [-0.2, 0) is 6.54 Å². The molecule has 102 valence electrons. The van der Waals surface area contributed by atoms with Crippen LogP contribution in [0.4, 0.5) is 0 Å². The van der Waals surface area contributed by atoms with Crippen molar-refractivity contribution in [2.75, 3.05) is 6.61 Å². The molecule has 2 heterocycles. The van der Waals surface area contributed by atoms with Gasteiger partial charge in [-0.3, -0.25) is 9.67 Å². The molecule has 0 fully saturated rings. The zero-order valence-corrected chi connectivity index (χ0v) is 12.1. The quantitative estimate of drug-likeness (QED) is 0.826. The van der Waals surface area contributed by atoms with E-state index in [1.807, 2.05) is 23.9 Å². The Morgan fingerprint density at radius 3 is 2.63 bits per heavy atom. The highest BCUT2D eigenvalue weighted by atomic mass is 16.5. The van der Waals surface area contributed by atoms with E-state index in [1.54, 1.807) is 6.20 Å². The highest BCUT2D eigenvalue weighted by Gasteiger charge is 2.13. The maximum absolute atomic E-state index is 5.64. The van der Waals surface area contributed by atoms with Crippen molar-refractivity contribution in [1.29, 1.82) is 0 Å². The fraction of sp³-hybridized carbons (Fsp3) is 0.467. The van der Waals surface area contributed by atoms with Gasteiger partial charge in [-0.1, -0.05) is 6.92 Å². The number of ether oxygens (including phenoxy) is 1. The van der Waals surface area contributed by atoms with E-state index in [0.29, 0.717) is 0 Å². The Bertz CT molecular complexity index is 561. The lowest BCUT2D eigenvalue weighted by atomic mass is 10.1. The first-order valence-electron chi connectivity index (χ1n) is 6.79. The normalized spacial score (nSPS) is 10.7. The van der Waals surface area contributed by atoms with Gasteiger partial charge in [0, 0.05) is 29.6 Å². The number of hydrogen-bond acceptors (Lipinski definition) is 3. The van der Waals surface area contributed by atoms with Crippen LogP contribution >= 0.6 is 0 Å². The lowest BCUT2D eigenvalue weighted by molar-refractivity contribution is 0.316. The molecule has 2 aromatic rings. The van der Waals surface area contributed by atoms with Crippen molar-refractivity contribution in [3.8, 4) is 16.9 Å². The zero-order valence-electron chi connectivity index (χ0n) is 12.1. The molecule has 0 N–H and O–H groups in total. The second-order valence-corrected chi connectivity index (χ2v) is 4.62. The molecule has 0 saturated heterocycles. The molecule has 0 saturated carbocycles. The van der Waals surface area contributed by atoms with Gasteiger partial charge >= 0.3 is 0 Å². The van der Waals surface area contributed by atoms with Crippen molar-refractivity contribution >= 4 is 0 Å². The highest BCUT2D eigenvalue weighted by molar-refractivity contribution is 5.68. The van der Waals surface area contributed by atoms with Gasteiger partial charge < -0.3 is 4.74 Å². The maximum atomic E-state index is 5.64. The molecule has 0 aliphatic rings. The van der Waals surface area contributed by atoms with E-state index in [4.69, 9.17) is 4.74 Å². The molecule has 4 heteroatoms. The van der Waals surface area contributed by atoms with E-state index in [0.717, 1.165) is 42.1 Å². The van der Waals surface area contributed by atoms with Crippen molar-refractivity contribution in [3.63, 3.8) is 0 Å². The van der Waals surface area contributed by atoms with Crippen LogP contribution in [0.15, 0.2) is 18.5 Å². The Hall–Kier alpha value is -1.84. The minimum absolute atomic E-state index is 0.720. The van der Waals surface area contributed by atoms with Gasteiger partial charge in [0.2, 0.25) is 0 Å². The Labute approximate surface area is 114 Å². The van der Waals surface area contributed by atoms with E-state index >= 15 is 0 Å². The SMILES string of the molecule is CCCOc1cncc(-c2c(C)nn(CC)c2C)c1. The number of aromatic nitrogens is 3. The van der Waals surface area contributed by atoms with Gasteiger partial charge in [0.1, 0.15) is 5.75 Å². The van der Waals surface area contributed by atoms with Crippen LogP contribution in [0.3, 0.4) is 0 Å². The second kappa shape index (κ2) is 5.87. The Morgan fingerprint density at radius 1 is 1.21 bits per heavy atom. The molecule has 0 atom stereocenters. The molecule has 0 amide bonds. The van der Waals surface area contributed by atoms with Crippen molar-refractivity contribution < 1.29 is 4.74 Å². The van der Waals surface area contributed by atoms with E-state index in [-0.39, 0.29) is 0 Å². The Kier molecular flexibility index (Phi) is 4.20. The lowest BCUT2D eigenvalue weighted by Gasteiger charge is -2.07. The standard InChI is InChI=1S/C15H21N3O/c1-5-7-19-14-8-13(9-16-10-14)15-11(3)17-18(6-2)12(15)4/h8-10H,5-7H2,1-4H3. The van der Waals surface area contributed by atoms with Gasteiger partial charge in [0.05, 0.1) is 18.5 Å². The van der Waals surface area contributed by atoms with Crippen molar-refractivity contribution in [2.24, 2.45) is 0 Å². The summed E-state index contributed by atoms with van der Waals surface area (Å²) in [6.45, 7) is 9.93. The maximum Gasteiger partial charge on any atom is 0.138 e. The molecule has 19 heavy (non-hydrogen) atoms. The van der Waals surface area contributed by atoms with Gasteiger partial charge in [-0.2, -0.15) is 5.10 Å². The van der Waals surface area contributed by atoms with Gasteiger partial charge in [0.15, 0.2) is 0 Å². The smallest absolute Gasteiger partial charge is 0.138 e. The average molecular weight is 259 g/mol. The third kappa shape index (κ3) is 2.78. The summed E-state index contributed by atoms with van der Waals surface area (Å²) in [4.78, 5) is 4.27. The van der Waals surface area contributed by atoms with Crippen molar-refractivity contribution in [3.05, 3.63) is 29.8 Å². The van der Waals surface area contributed by atoms with E-state index in [2.05, 4.69) is 30.9 Å². The van der Waals surface area contributed by atoms with Crippen LogP contribution < -0.4 is 4.74 Å². The summed E-state index contributed by atoms with van der Waals surface area (Å²) in [5.74, 6) is 0.822. The van der Waals surface area contributed by atoms with Crippen molar-refractivity contribution in [1.82, 2.24) is 14.8 Å². The Balaban J connectivity index is 2.39. The summed E-state index contributed by atoms with van der Waals surface area (Å²) in [6.07, 6.45) is 4.62. The molecule has 0 radical (unpaired) electrons. The van der Waals surface area contributed by atoms with Crippen LogP contribution in [-0.4, -0.2) is 21.4 Å². The molecule has 0 aliphatic heterocycles. The molecular formula is C15H21N3O. The molecule has 0 bridgehead atoms. The third-order valence-corrected chi connectivity index (χ3v) is 3.16. The minimum Gasteiger partial charge on any atom is -0.492 e. The van der Waals surface area contributed by atoms with Gasteiger partial charge in [-0.25, -0.2) is 0 Å². The average Bonchev–Trinajstić information content (AvgIpc) is 2.71. The van der Waals surface area contributed by atoms with E-state index < -0.39 is 0 Å². The van der Waals surface area contributed by atoms with Gasteiger partial charge in [-0.05, 0) is 33.3 Å². The summed E-state index contributed by atoms with van der Waals surface area (Å²) in [7, 11) is 0. The third-order valence-electron chi connectivity index (χ3n) is 3.16. The molecule has 0 aromatic carbocycles. The van der Waals surface area contributed by atoms with Crippen LogP contribution in [0.1, 0.15) is 31.7 Å². The summed E-state index contributed by atoms with van der Waals surface area (Å²) in [5, 5.41) is 4.54. The van der Waals surface area contributed by atoms with E-state index in [9.17, 15) is 0 Å². The minimum atomic E-state index is 0.720. The topological polar surface area (TPSA) is 39.9 Å². The molecular weight excluding hydrogens is 238 g/mol. The predicted octanol–water partition coefficient (Wildman–Crippen LogP) is 3.37. The number of hydrogen-bond donors (Lipinski definition) is 0. The molecule has 2 aromatic heterocycles. The number of nitrogens with zero attached hydrogens (tertiary/aromatic N) is 3. The lowest BCUT2D eigenvalue weighted by Crippen LogP contribution is -1.99. The monoisotopic (exact) mass is 259 g/mol. The van der Waals surface area contributed by atoms with Gasteiger partial charge in [-0.15, -0.1) is 0 Å². The number of rotatable bonds is 5. The highest BCUT2D eigenvalue weighted by Crippen LogP contribution is 2.28. The predicted molar refractivity (Wildman–Crippen MR) is 76.4 cm³/mol. The zero-order chi connectivity index (χ0) is 13.8. The first-order chi connectivity index (χ1) is 9.17. The first kappa shape index (κ1) is 13.6. The summed E-state index contributed by atoms with van der Waals surface area (Å²) in [5.41, 5.74) is 4.45. The molecule has 4 nitrogen and oxygen atoms in total. The van der Waals surface area contributed by atoms with Crippen LogP contribution in [0.5, 0.6) is 5.75 Å². The molecule has 0 unspecified atom stereocenters. The molecule has 2 rings (SSSR count). The first-order valence-corrected chi connectivity index (χ1v) is 6.79. The largest absolute Gasteiger partial charge is 0.492 e. The summed E-state index contributed by atoms with van der Waals surface area (Å²) >= 11 is 0. The number of pyridine rings is 1. The fourth-order valence-corrected chi connectivity index (χ4v) is 2.28. The summed E-state index contributed by atoms with van der Waals surface area (Å²) < 4.78 is 7.66. The van der Waals surface area contributed by atoms with Crippen LogP contribution in [0, 0.1) is 13.8 Å². The van der Waals surface area contributed by atoms with Crippen LogP contribution in [0.25, 0.3) is 11.1 Å². The van der Waals surface area contributed by atoms with Crippen LogP contribution in [0.2, 0.25) is 0 Å². The Morgan fingerprint density at radius 2 is 2.00 bits per heavy atom. The summed E-state index contributed by atoms with van der Waals surface area (Å²) in [6, 6.07) is 2.04. The van der Waals surface area contributed by atoms with Gasteiger partial charge in [0.25, 0.3) is 0 Å². The number of aryl methyl sites for hydroxylation is 2. The van der Waals surface area contributed by atoms with E-state index in [1.165, 1.54) is 5.69 Å². The molecule has 0 spiro atoms.